The van der Waals surface area contributed by atoms with Gasteiger partial charge in [0.05, 0.1) is 24.3 Å². The van der Waals surface area contributed by atoms with E-state index < -0.39 is 0 Å². The van der Waals surface area contributed by atoms with Gasteiger partial charge in [-0.1, -0.05) is 11.3 Å². The fraction of sp³-hybridized carbons (Fsp3) is 0.308. The topological polar surface area (TPSA) is 68.4 Å². The second-order valence-electron chi connectivity index (χ2n) is 4.12. The van der Waals surface area contributed by atoms with E-state index in [1.807, 2.05) is 26.0 Å². The van der Waals surface area contributed by atoms with Crippen molar-refractivity contribution >= 4 is 16.5 Å². The summed E-state index contributed by atoms with van der Waals surface area (Å²) < 4.78 is 5.29. The van der Waals surface area contributed by atoms with Gasteiger partial charge in [-0.25, -0.2) is 4.98 Å². The number of hydrogen-bond donors (Lipinski definition) is 2. The van der Waals surface area contributed by atoms with Crippen LogP contribution in [-0.2, 0) is 6.61 Å². The molecule has 3 N–H and O–H groups in total. The Morgan fingerprint density at radius 2 is 2.06 bits per heavy atom. The Bertz CT molecular complexity index is 579. The molecule has 0 saturated carbocycles. The van der Waals surface area contributed by atoms with E-state index in [2.05, 4.69) is 4.98 Å². The monoisotopic (exact) mass is 264 g/mol. The Labute approximate surface area is 110 Å². The van der Waals surface area contributed by atoms with Crippen molar-refractivity contribution in [1.82, 2.24) is 4.98 Å². The number of nitrogen functional groups attached to an aromatic ring is 1. The van der Waals surface area contributed by atoms with Gasteiger partial charge in [0.15, 0.2) is 5.13 Å². The Hall–Kier alpha value is -1.59. The summed E-state index contributed by atoms with van der Waals surface area (Å²) in [4.78, 5) is 5.10. The number of aliphatic hydroxyl groups is 1. The third-order valence-electron chi connectivity index (χ3n) is 2.85. The van der Waals surface area contributed by atoms with Crippen LogP contribution in [0.5, 0.6) is 5.75 Å². The molecule has 0 radical (unpaired) electrons. The lowest BCUT2D eigenvalue weighted by Crippen LogP contribution is -1.94. The maximum Gasteiger partial charge on any atom is 0.180 e. The third-order valence-corrected chi connectivity index (χ3v) is 3.72. The van der Waals surface area contributed by atoms with E-state index in [-0.39, 0.29) is 6.61 Å². The molecule has 2 rings (SSSR count). The standard InChI is InChI=1S/C13H16N2O2S/c1-7-5-10(17-3)8(2)4-9(7)12-11(6-16)18-13(14)15-12/h4-5,16H,6H2,1-3H3,(H2,14,15). The number of rotatable bonds is 3. The first-order valence-corrected chi connectivity index (χ1v) is 6.40. The largest absolute Gasteiger partial charge is 0.496 e. The van der Waals surface area contributed by atoms with Crippen molar-refractivity contribution in [3.63, 3.8) is 0 Å². The summed E-state index contributed by atoms with van der Waals surface area (Å²) in [5.74, 6) is 0.852. The van der Waals surface area contributed by atoms with Crippen LogP contribution >= 0.6 is 11.3 Å². The van der Waals surface area contributed by atoms with Gasteiger partial charge in [0.1, 0.15) is 5.75 Å². The molecule has 0 aliphatic heterocycles. The van der Waals surface area contributed by atoms with E-state index in [1.165, 1.54) is 11.3 Å². The van der Waals surface area contributed by atoms with Gasteiger partial charge in [-0.05, 0) is 37.1 Å². The molecule has 96 valence electrons. The Morgan fingerprint density at radius 1 is 1.33 bits per heavy atom. The van der Waals surface area contributed by atoms with E-state index in [0.717, 1.165) is 33.0 Å². The van der Waals surface area contributed by atoms with Crippen LogP contribution in [0.25, 0.3) is 11.3 Å². The molecule has 1 heterocycles. The summed E-state index contributed by atoms with van der Waals surface area (Å²) in [6, 6.07) is 3.99. The van der Waals surface area contributed by atoms with Gasteiger partial charge in [-0.2, -0.15) is 0 Å². The minimum absolute atomic E-state index is 0.0469. The molecular weight excluding hydrogens is 248 g/mol. The lowest BCUT2D eigenvalue weighted by atomic mass is 10.0. The molecule has 1 aromatic heterocycles. The number of aromatic nitrogens is 1. The number of methoxy groups -OCH3 is 1. The fourth-order valence-electron chi connectivity index (χ4n) is 1.95. The average molecular weight is 264 g/mol. The lowest BCUT2D eigenvalue weighted by molar-refractivity contribution is 0.286. The van der Waals surface area contributed by atoms with Gasteiger partial charge in [-0.15, -0.1) is 0 Å². The quantitative estimate of drug-likeness (QED) is 0.893. The first kappa shape index (κ1) is 12.9. The number of anilines is 1. The zero-order valence-electron chi connectivity index (χ0n) is 10.7. The number of aliphatic hydroxyl groups excluding tert-OH is 1. The second kappa shape index (κ2) is 4.96. The molecule has 18 heavy (non-hydrogen) atoms. The second-order valence-corrected chi connectivity index (χ2v) is 5.23. The first-order chi connectivity index (χ1) is 8.56. The number of nitrogens with zero attached hydrogens (tertiary/aromatic N) is 1. The summed E-state index contributed by atoms with van der Waals surface area (Å²) >= 11 is 1.32. The Morgan fingerprint density at radius 3 is 2.67 bits per heavy atom. The van der Waals surface area contributed by atoms with Crippen LogP contribution in [0.15, 0.2) is 12.1 Å². The van der Waals surface area contributed by atoms with Crippen LogP contribution < -0.4 is 10.5 Å². The van der Waals surface area contributed by atoms with Gasteiger partial charge in [0.25, 0.3) is 0 Å². The molecule has 5 heteroatoms. The highest BCUT2D eigenvalue weighted by Crippen LogP contribution is 2.34. The number of benzene rings is 1. The molecule has 0 fully saturated rings. The van der Waals surface area contributed by atoms with Crippen molar-refractivity contribution in [1.29, 1.82) is 0 Å². The van der Waals surface area contributed by atoms with Gasteiger partial charge in [-0.3, -0.25) is 0 Å². The SMILES string of the molecule is COc1cc(C)c(-c2nc(N)sc2CO)cc1C. The number of ether oxygens (including phenoxy) is 1. The number of thiazole rings is 1. The molecular formula is C13H16N2O2S. The van der Waals surface area contributed by atoms with Crippen molar-refractivity contribution in [3.05, 3.63) is 28.1 Å². The molecule has 2 aromatic rings. The van der Waals surface area contributed by atoms with Crippen molar-refractivity contribution in [2.75, 3.05) is 12.8 Å². The van der Waals surface area contributed by atoms with Gasteiger partial charge in [0, 0.05) is 5.56 Å². The van der Waals surface area contributed by atoms with Crippen molar-refractivity contribution in [3.8, 4) is 17.0 Å². The zero-order chi connectivity index (χ0) is 13.3. The van der Waals surface area contributed by atoms with Gasteiger partial charge in [0.2, 0.25) is 0 Å². The summed E-state index contributed by atoms with van der Waals surface area (Å²) in [7, 11) is 1.65. The van der Waals surface area contributed by atoms with Gasteiger partial charge >= 0.3 is 0 Å². The molecule has 0 aliphatic rings. The highest BCUT2D eigenvalue weighted by Gasteiger charge is 2.14. The van der Waals surface area contributed by atoms with Crippen LogP contribution in [0.4, 0.5) is 5.13 Å². The van der Waals surface area contributed by atoms with E-state index in [9.17, 15) is 5.11 Å². The normalized spacial score (nSPS) is 10.7. The third kappa shape index (κ3) is 2.19. The number of hydrogen-bond acceptors (Lipinski definition) is 5. The predicted octanol–water partition coefficient (Wildman–Crippen LogP) is 2.51. The first-order valence-electron chi connectivity index (χ1n) is 5.58. The highest BCUT2D eigenvalue weighted by atomic mass is 32.1. The molecule has 4 nitrogen and oxygen atoms in total. The lowest BCUT2D eigenvalue weighted by Gasteiger charge is -2.10. The van der Waals surface area contributed by atoms with Crippen LogP contribution in [0.2, 0.25) is 0 Å². The van der Waals surface area contributed by atoms with Crippen LogP contribution in [0.3, 0.4) is 0 Å². The van der Waals surface area contributed by atoms with E-state index in [0.29, 0.717) is 5.13 Å². The molecule has 0 spiro atoms. The van der Waals surface area contributed by atoms with E-state index in [1.54, 1.807) is 7.11 Å². The molecule has 0 unspecified atom stereocenters. The molecule has 0 atom stereocenters. The van der Waals surface area contributed by atoms with Crippen LogP contribution in [0.1, 0.15) is 16.0 Å². The van der Waals surface area contributed by atoms with Crippen molar-refractivity contribution in [2.45, 2.75) is 20.5 Å². The molecule has 0 aliphatic carbocycles. The van der Waals surface area contributed by atoms with Crippen LogP contribution in [-0.4, -0.2) is 17.2 Å². The summed E-state index contributed by atoms with van der Waals surface area (Å²) in [6.45, 7) is 3.93. The number of nitrogens with two attached hydrogens (primary N) is 1. The Balaban J connectivity index is 2.60. The minimum Gasteiger partial charge on any atom is -0.496 e. The molecule has 0 bridgehead atoms. The molecule has 0 amide bonds. The van der Waals surface area contributed by atoms with Gasteiger partial charge < -0.3 is 15.6 Å². The summed E-state index contributed by atoms with van der Waals surface area (Å²) in [6.07, 6.45) is 0. The van der Waals surface area contributed by atoms with Crippen LogP contribution in [0, 0.1) is 13.8 Å². The molecule has 1 aromatic carbocycles. The zero-order valence-corrected chi connectivity index (χ0v) is 11.5. The van der Waals surface area contributed by atoms with E-state index in [4.69, 9.17) is 10.5 Å². The number of aryl methyl sites for hydroxylation is 2. The van der Waals surface area contributed by atoms with Crippen molar-refractivity contribution in [2.24, 2.45) is 0 Å². The summed E-state index contributed by atoms with van der Waals surface area (Å²) in [5.41, 5.74) is 9.55. The average Bonchev–Trinajstić information content (AvgIpc) is 2.72. The fourth-order valence-corrected chi connectivity index (χ4v) is 2.66. The highest BCUT2D eigenvalue weighted by molar-refractivity contribution is 7.15. The molecule has 0 saturated heterocycles. The van der Waals surface area contributed by atoms with E-state index >= 15 is 0 Å². The Kier molecular flexibility index (Phi) is 3.54. The summed E-state index contributed by atoms with van der Waals surface area (Å²) in [5, 5.41) is 9.82. The van der Waals surface area contributed by atoms with Crippen molar-refractivity contribution < 1.29 is 9.84 Å². The maximum atomic E-state index is 9.34. The smallest absolute Gasteiger partial charge is 0.180 e. The maximum absolute atomic E-state index is 9.34. The minimum atomic E-state index is -0.0469. The predicted molar refractivity (Wildman–Crippen MR) is 73.9 cm³/mol.